The second kappa shape index (κ2) is 6.42. The lowest BCUT2D eigenvalue weighted by atomic mass is 9.99. The number of hydrogen-bond donors (Lipinski definition) is 2. The molecule has 1 atom stereocenters. The number of aryl methyl sites for hydroxylation is 1. The molecule has 2 heterocycles. The molecule has 0 aliphatic carbocycles. The monoisotopic (exact) mass is 292 g/mol. The van der Waals surface area contributed by atoms with Crippen LogP contribution in [-0.4, -0.2) is 23.7 Å². The number of hydrogen-bond acceptors (Lipinski definition) is 5. The van der Waals surface area contributed by atoms with Crippen LogP contribution in [0.4, 0.5) is 0 Å². The SMILES string of the molecule is CC1=NNC(=O)[C@H]1CCC(=O)N/N=C/c1sccc1C. The Balaban J connectivity index is 1.76. The van der Waals surface area contributed by atoms with Crippen molar-refractivity contribution in [2.75, 3.05) is 0 Å². The summed E-state index contributed by atoms with van der Waals surface area (Å²) in [6.45, 7) is 3.76. The predicted octanol–water partition coefficient (Wildman–Crippen LogP) is 1.41. The van der Waals surface area contributed by atoms with E-state index in [0.717, 1.165) is 16.2 Å². The predicted molar refractivity (Wildman–Crippen MR) is 78.8 cm³/mol. The zero-order valence-electron chi connectivity index (χ0n) is 11.3. The third-order valence-corrected chi connectivity index (χ3v) is 4.05. The molecule has 20 heavy (non-hydrogen) atoms. The lowest BCUT2D eigenvalue weighted by molar-refractivity contribution is -0.123. The summed E-state index contributed by atoms with van der Waals surface area (Å²) >= 11 is 1.57. The highest BCUT2D eigenvalue weighted by Gasteiger charge is 2.26. The first-order chi connectivity index (χ1) is 9.58. The Bertz CT molecular complexity index is 577. The van der Waals surface area contributed by atoms with Crippen LogP contribution in [0.2, 0.25) is 0 Å². The van der Waals surface area contributed by atoms with E-state index in [9.17, 15) is 9.59 Å². The summed E-state index contributed by atoms with van der Waals surface area (Å²) < 4.78 is 0. The highest BCUT2D eigenvalue weighted by Crippen LogP contribution is 2.14. The number of thiophene rings is 1. The Labute approximate surface area is 121 Å². The van der Waals surface area contributed by atoms with E-state index in [4.69, 9.17) is 0 Å². The largest absolute Gasteiger partial charge is 0.273 e. The molecule has 0 unspecified atom stereocenters. The molecule has 6 nitrogen and oxygen atoms in total. The molecule has 2 rings (SSSR count). The molecule has 1 aromatic heterocycles. The van der Waals surface area contributed by atoms with Crippen molar-refractivity contribution in [2.24, 2.45) is 16.1 Å². The van der Waals surface area contributed by atoms with Gasteiger partial charge in [0.15, 0.2) is 0 Å². The van der Waals surface area contributed by atoms with Crippen molar-refractivity contribution in [2.45, 2.75) is 26.7 Å². The van der Waals surface area contributed by atoms with Crippen LogP contribution in [0.3, 0.4) is 0 Å². The summed E-state index contributed by atoms with van der Waals surface area (Å²) in [7, 11) is 0. The van der Waals surface area contributed by atoms with Crippen molar-refractivity contribution in [3.8, 4) is 0 Å². The number of amides is 2. The molecule has 0 spiro atoms. The van der Waals surface area contributed by atoms with Crippen LogP contribution in [0, 0.1) is 12.8 Å². The van der Waals surface area contributed by atoms with Crippen molar-refractivity contribution in [3.05, 3.63) is 21.9 Å². The first kappa shape index (κ1) is 14.4. The molecule has 2 amide bonds. The van der Waals surface area contributed by atoms with E-state index < -0.39 is 0 Å². The molecular formula is C13H16N4O2S. The normalized spacial score (nSPS) is 18.2. The summed E-state index contributed by atoms with van der Waals surface area (Å²) in [4.78, 5) is 24.1. The van der Waals surface area contributed by atoms with Gasteiger partial charge in [0.25, 0.3) is 0 Å². The second-order valence-corrected chi connectivity index (χ2v) is 5.53. The molecule has 0 saturated carbocycles. The quantitative estimate of drug-likeness (QED) is 0.635. The van der Waals surface area contributed by atoms with Gasteiger partial charge in [0.1, 0.15) is 0 Å². The number of nitrogens with zero attached hydrogens (tertiary/aromatic N) is 2. The molecule has 0 fully saturated rings. The van der Waals surface area contributed by atoms with Gasteiger partial charge in [-0.25, -0.2) is 10.9 Å². The number of hydrazone groups is 2. The van der Waals surface area contributed by atoms with E-state index >= 15 is 0 Å². The van der Waals surface area contributed by atoms with Crippen LogP contribution in [-0.2, 0) is 9.59 Å². The van der Waals surface area contributed by atoms with Gasteiger partial charge in [-0.3, -0.25) is 9.59 Å². The maximum absolute atomic E-state index is 11.6. The van der Waals surface area contributed by atoms with E-state index in [1.807, 2.05) is 18.4 Å². The highest BCUT2D eigenvalue weighted by molar-refractivity contribution is 7.11. The summed E-state index contributed by atoms with van der Waals surface area (Å²) in [5.41, 5.74) is 6.72. The third-order valence-electron chi connectivity index (χ3n) is 3.10. The van der Waals surface area contributed by atoms with Gasteiger partial charge >= 0.3 is 0 Å². The molecule has 0 bridgehead atoms. The van der Waals surface area contributed by atoms with E-state index in [1.54, 1.807) is 24.5 Å². The minimum atomic E-state index is -0.302. The first-order valence-electron chi connectivity index (χ1n) is 6.28. The Morgan fingerprint density at radius 1 is 1.60 bits per heavy atom. The minimum absolute atomic E-state index is 0.145. The molecule has 2 N–H and O–H groups in total. The van der Waals surface area contributed by atoms with Crippen molar-refractivity contribution < 1.29 is 9.59 Å². The molecule has 0 radical (unpaired) electrons. The second-order valence-electron chi connectivity index (χ2n) is 4.58. The van der Waals surface area contributed by atoms with Gasteiger partial charge in [-0.15, -0.1) is 11.3 Å². The van der Waals surface area contributed by atoms with E-state index in [2.05, 4.69) is 21.1 Å². The van der Waals surface area contributed by atoms with Crippen LogP contribution in [0.25, 0.3) is 0 Å². The fourth-order valence-electron chi connectivity index (χ4n) is 1.84. The molecule has 1 aliphatic heterocycles. The zero-order chi connectivity index (χ0) is 14.5. The fourth-order valence-corrected chi connectivity index (χ4v) is 2.63. The summed E-state index contributed by atoms with van der Waals surface area (Å²) in [5.74, 6) is -0.653. The van der Waals surface area contributed by atoms with Crippen LogP contribution < -0.4 is 10.9 Å². The van der Waals surface area contributed by atoms with Crippen molar-refractivity contribution in [3.63, 3.8) is 0 Å². The summed E-state index contributed by atoms with van der Waals surface area (Å²) in [5, 5.41) is 9.72. The summed E-state index contributed by atoms with van der Waals surface area (Å²) in [6.07, 6.45) is 2.32. The van der Waals surface area contributed by atoms with Gasteiger partial charge in [-0.05, 0) is 37.3 Å². The van der Waals surface area contributed by atoms with Crippen LogP contribution >= 0.6 is 11.3 Å². The number of carbonyl (C=O) groups is 2. The molecule has 1 aromatic rings. The van der Waals surface area contributed by atoms with Gasteiger partial charge in [-0.2, -0.15) is 10.2 Å². The standard InChI is InChI=1S/C13H16N4O2S/c1-8-5-6-20-11(8)7-14-16-12(18)4-3-10-9(2)15-17-13(10)19/h5-7,10H,3-4H2,1-2H3,(H,16,18)(H,17,19)/b14-7+/t10-/m0/s1. The van der Waals surface area contributed by atoms with Crippen LogP contribution in [0.5, 0.6) is 0 Å². The smallest absolute Gasteiger partial charge is 0.248 e. The topological polar surface area (TPSA) is 82.9 Å². The zero-order valence-corrected chi connectivity index (χ0v) is 12.2. The Morgan fingerprint density at radius 3 is 3.00 bits per heavy atom. The van der Waals surface area contributed by atoms with E-state index in [0.29, 0.717) is 6.42 Å². The lowest BCUT2D eigenvalue weighted by Gasteiger charge is -2.06. The molecule has 106 valence electrons. The Kier molecular flexibility index (Phi) is 4.62. The van der Waals surface area contributed by atoms with Crippen LogP contribution in [0.1, 0.15) is 30.2 Å². The summed E-state index contributed by atoms with van der Waals surface area (Å²) in [6, 6.07) is 1.99. The molecule has 0 aromatic carbocycles. The Morgan fingerprint density at radius 2 is 2.40 bits per heavy atom. The van der Waals surface area contributed by atoms with Crippen LogP contribution in [0.15, 0.2) is 21.6 Å². The fraction of sp³-hybridized carbons (Fsp3) is 0.385. The maximum Gasteiger partial charge on any atom is 0.248 e. The average molecular weight is 292 g/mol. The van der Waals surface area contributed by atoms with E-state index in [-0.39, 0.29) is 24.2 Å². The molecule has 1 aliphatic rings. The Hall–Kier alpha value is -2.02. The van der Waals surface area contributed by atoms with Gasteiger partial charge < -0.3 is 0 Å². The van der Waals surface area contributed by atoms with Gasteiger partial charge in [0.05, 0.1) is 12.1 Å². The molecule has 0 saturated heterocycles. The van der Waals surface area contributed by atoms with Gasteiger partial charge in [0.2, 0.25) is 11.8 Å². The molecular weight excluding hydrogens is 276 g/mol. The van der Waals surface area contributed by atoms with E-state index in [1.165, 1.54) is 0 Å². The maximum atomic E-state index is 11.6. The first-order valence-corrected chi connectivity index (χ1v) is 7.16. The lowest BCUT2D eigenvalue weighted by Crippen LogP contribution is -2.25. The van der Waals surface area contributed by atoms with Crippen molar-refractivity contribution in [1.29, 1.82) is 0 Å². The number of rotatable bonds is 5. The average Bonchev–Trinajstić information content (AvgIpc) is 2.95. The van der Waals surface area contributed by atoms with Crippen molar-refractivity contribution in [1.82, 2.24) is 10.9 Å². The highest BCUT2D eigenvalue weighted by atomic mass is 32.1. The minimum Gasteiger partial charge on any atom is -0.273 e. The third kappa shape index (κ3) is 3.51. The molecule has 7 heteroatoms. The van der Waals surface area contributed by atoms with Gasteiger partial charge in [0, 0.05) is 17.0 Å². The number of nitrogens with one attached hydrogen (secondary N) is 2. The van der Waals surface area contributed by atoms with Gasteiger partial charge in [-0.1, -0.05) is 0 Å². The van der Waals surface area contributed by atoms with Crippen molar-refractivity contribution >= 4 is 35.1 Å². The number of carbonyl (C=O) groups excluding carboxylic acids is 2.